The Kier molecular flexibility index (Phi) is 41.4. The molecule has 0 aliphatic carbocycles. The van der Waals surface area contributed by atoms with Crippen molar-refractivity contribution in [2.24, 2.45) is 0 Å². The molecule has 3 rings (SSSR count). The van der Waals surface area contributed by atoms with Gasteiger partial charge in [-0.3, -0.25) is 13.7 Å². The summed E-state index contributed by atoms with van der Waals surface area (Å²) in [5, 5.41) is 94.0. The summed E-state index contributed by atoms with van der Waals surface area (Å²) in [6.45, 7) is 25.0. The van der Waals surface area contributed by atoms with E-state index in [1.165, 1.54) is 68.7 Å². The number of phosphoric ester groups is 2. The SMILES string of the molecule is CC(C)=CCC/C(C)=C/CC/C(C)=C/CC/C(C)=C\CC/C(C)=C\CC/C(C)=C\CC/C(C)=C\CC/C(C)=C\CC/C(C)=C\CC/C(C)=C\CC/C(C)=C\COP(=O)([O-])OP(=O)([O-])O[C@H]1O[C@H](CO)[C@H](O)[C@H](O[C@@H]2O[C@@H](C)[C@H](O[C@H]3O[C@H](CO)[C@@H](O)[C@H](O)[C@@H]3O)[C@@H](O)[C@H]2O)[C@H]1O. The van der Waals surface area contributed by atoms with Crippen LogP contribution < -0.4 is 9.79 Å². The molecule has 96 heavy (non-hydrogen) atoms. The molecule has 3 heterocycles. The third kappa shape index (κ3) is 34.0. The van der Waals surface area contributed by atoms with Crippen LogP contribution in [0.15, 0.2) is 128 Å². The molecule has 0 aromatic carbocycles. The van der Waals surface area contributed by atoms with Crippen LogP contribution in [0.5, 0.6) is 0 Å². The van der Waals surface area contributed by atoms with Crippen LogP contribution in [0.4, 0.5) is 0 Å². The van der Waals surface area contributed by atoms with Gasteiger partial charge in [-0.15, -0.1) is 0 Å². The first-order valence-electron chi connectivity index (χ1n) is 34.4. The molecule has 17 atom stereocenters. The van der Waals surface area contributed by atoms with E-state index in [2.05, 4.69) is 141 Å². The molecule has 23 heteroatoms. The summed E-state index contributed by atoms with van der Waals surface area (Å²) in [5.74, 6) is 0. The number of allylic oxidation sites excluding steroid dienone is 21. The van der Waals surface area contributed by atoms with Crippen LogP contribution in [0.2, 0.25) is 0 Å². The number of hydrogen-bond donors (Lipinski definition) is 9. The monoisotopic (exact) mass is 1390 g/mol. The summed E-state index contributed by atoms with van der Waals surface area (Å²) in [6.07, 6.45) is 18.0. The standard InChI is InChI=1S/C73H122O21P2/c1-48(2)24-14-25-49(3)26-15-27-50(4)28-16-29-51(5)30-17-31-52(6)32-18-33-53(7)34-19-35-54(8)36-20-37-55(9)38-21-39-56(10)40-22-41-57(11)42-23-43-58(12)44-45-87-95(83,84)94-96(85,86)93-73-68(82)70(63(77)61(47-75)90-73)92-71-67(81)65(79)69(59(13)88-71)91-72-66(80)64(78)62(76)60(46-74)89-72/h24,26,28,30,32,34,36,38,40,42,44,59-82H,14-23,25,27,29,31,33,35,37,39,41,43,45-47H2,1-13H3,(H,83,84)(H,85,86)/p-2/b49-26+,50-28+,51-30-,52-32-,53-34-,54-36-,55-38-,56-40-,57-42-,58-44-/t59-,60+,61+,62+,63-,64-,65-,66-,67+,68+,69-,70-,71-,72+,73+/m0/s1. The molecule has 0 bridgehead atoms. The van der Waals surface area contributed by atoms with Gasteiger partial charge in [-0.05, 0) is 218 Å². The van der Waals surface area contributed by atoms with E-state index in [9.17, 15) is 64.9 Å². The maximum absolute atomic E-state index is 12.9. The largest absolute Gasteiger partial charge is 0.756 e. The van der Waals surface area contributed by atoms with Crippen LogP contribution in [0.3, 0.4) is 0 Å². The number of phosphoric acid groups is 2. The normalized spacial score (nSPS) is 29.6. The average molecular weight is 1400 g/mol. The third-order valence-electron chi connectivity index (χ3n) is 17.5. The summed E-state index contributed by atoms with van der Waals surface area (Å²) in [4.78, 5) is 25.5. The van der Waals surface area contributed by atoms with Gasteiger partial charge in [0.1, 0.15) is 67.1 Å². The minimum atomic E-state index is -5.98. The molecule has 0 radical (unpaired) electrons. The fourth-order valence-corrected chi connectivity index (χ4v) is 13.2. The highest BCUT2D eigenvalue weighted by Gasteiger charge is 2.53. The molecule has 9 N–H and O–H groups in total. The van der Waals surface area contributed by atoms with E-state index in [1.807, 2.05) is 0 Å². The minimum absolute atomic E-state index is 0.559. The molecule has 3 aliphatic rings. The number of aliphatic hydroxyl groups is 9. The van der Waals surface area contributed by atoms with Gasteiger partial charge in [0.15, 0.2) is 18.9 Å². The molecule has 550 valence electrons. The lowest BCUT2D eigenvalue weighted by atomic mass is 9.96. The van der Waals surface area contributed by atoms with Crippen LogP contribution in [0, 0.1) is 0 Å². The Bertz CT molecular complexity index is 2770. The highest BCUT2D eigenvalue weighted by atomic mass is 31.3. The minimum Gasteiger partial charge on any atom is -0.756 e. The van der Waals surface area contributed by atoms with Crippen molar-refractivity contribution in [2.45, 2.75) is 311 Å². The van der Waals surface area contributed by atoms with Crippen molar-refractivity contribution in [3.05, 3.63) is 128 Å². The zero-order chi connectivity index (χ0) is 71.7. The highest BCUT2D eigenvalue weighted by molar-refractivity contribution is 7.59. The molecule has 2 unspecified atom stereocenters. The quantitative estimate of drug-likeness (QED) is 0.0202. The summed E-state index contributed by atoms with van der Waals surface area (Å²) in [6, 6.07) is 0. The number of rotatable bonds is 43. The second-order valence-corrected chi connectivity index (χ2v) is 29.8. The van der Waals surface area contributed by atoms with Gasteiger partial charge in [-0.2, -0.15) is 0 Å². The lowest BCUT2D eigenvalue weighted by Crippen LogP contribution is -2.66. The summed E-state index contributed by atoms with van der Waals surface area (Å²) >= 11 is 0. The molecule has 0 aromatic heterocycles. The smallest absolute Gasteiger partial charge is 0.276 e. The first kappa shape index (κ1) is 87.1. The summed E-state index contributed by atoms with van der Waals surface area (Å²) in [5.41, 5.74) is 15.0. The molecule has 3 aliphatic heterocycles. The van der Waals surface area contributed by atoms with E-state index in [0.29, 0.717) is 12.8 Å². The third-order valence-corrected chi connectivity index (χ3v) is 20.0. The number of aliphatic hydroxyl groups excluding tert-OH is 9. The van der Waals surface area contributed by atoms with Gasteiger partial charge in [0.2, 0.25) is 0 Å². The van der Waals surface area contributed by atoms with E-state index in [0.717, 1.165) is 121 Å². The van der Waals surface area contributed by atoms with E-state index >= 15 is 0 Å². The zero-order valence-corrected chi connectivity index (χ0v) is 61.4. The van der Waals surface area contributed by atoms with Gasteiger partial charge < -0.3 is 84.0 Å². The second-order valence-electron chi connectivity index (χ2n) is 26.8. The van der Waals surface area contributed by atoms with Gasteiger partial charge in [0, 0.05) is 0 Å². The topological polar surface area (TPSA) is 336 Å². The van der Waals surface area contributed by atoms with E-state index < -0.39 is 128 Å². The maximum atomic E-state index is 12.9. The molecule has 3 saturated heterocycles. The van der Waals surface area contributed by atoms with Gasteiger partial charge in [-0.1, -0.05) is 128 Å². The fraction of sp³-hybridized carbons (Fsp3) is 0.699. The first-order chi connectivity index (χ1) is 45.3. The van der Waals surface area contributed by atoms with Crippen LogP contribution in [0.1, 0.15) is 218 Å². The molecule has 0 aromatic rings. The molecule has 0 spiro atoms. The van der Waals surface area contributed by atoms with Crippen molar-refractivity contribution in [1.29, 1.82) is 0 Å². The predicted octanol–water partition coefficient (Wildman–Crippen LogP) is 11.7. The van der Waals surface area contributed by atoms with Crippen molar-refractivity contribution in [3.63, 3.8) is 0 Å². The zero-order valence-electron chi connectivity index (χ0n) is 59.6. The van der Waals surface area contributed by atoms with Gasteiger partial charge in [0.05, 0.1) is 25.9 Å². The van der Waals surface area contributed by atoms with Crippen molar-refractivity contribution in [3.8, 4) is 0 Å². The predicted molar refractivity (Wildman–Crippen MR) is 370 cm³/mol. The Labute approximate surface area is 573 Å². The van der Waals surface area contributed by atoms with Crippen molar-refractivity contribution < 1.29 is 102 Å². The lowest BCUT2D eigenvalue weighted by Gasteiger charge is -2.48. The van der Waals surface area contributed by atoms with Gasteiger partial charge in [0.25, 0.3) is 15.6 Å². The lowest BCUT2D eigenvalue weighted by molar-refractivity contribution is -0.375. The average Bonchev–Trinajstić information content (AvgIpc) is 0.784. The van der Waals surface area contributed by atoms with Crippen LogP contribution in [-0.4, -0.2) is 158 Å². The van der Waals surface area contributed by atoms with Crippen molar-refractivity contribution >= 4 is 15.6 Å². The Morgan fingerprint density at radius 2 is 0.667 bits per heavy atom. The van der Waals surface area contributed by atoms with Crippen molar-refractivity contribution in [1.82, 2.24) is 0 Å². The Morgan fingerprint density at radius 3 is 1.02 bits per heavy atom. The Hall–Kier alpha value is -3.16. The summed E-state index contributed by atoms with van der Waals surface area (Å²) in [7, 11) is -11.6. The van der Waals surface area contributed by atoms with Gasteiger partial charge >= 0.3 is 0 Å². The van der Waals surface area contributed by atoms with Crippen molar-refractivity contribution in [2.75, 3.05) is 19.8 Å². The van der Waals surface area contributed by atoms with Crippen LogP contribution in [-0.2, 0) is 46.2 Å². The molecule has 0 saturated carbocycles. The molecular formula is C73H120O21P2-2. The summed E-state index contributed by atoms with van der Waals surface area (Å²) < 4.78 is 66.5. The first-order valence-corrected chi connectivity index (χ1v) is 37.3. The molecule has 3 fully saturated rings. The molecule has 21 nitrogen and oxygen atoms in total. The van der Waals surface area contributed by atoms with E-state index in [4.69, 9.17) is 32.7 Å². The molecule has 0 amide bonds. The number of ether oxygens (including phenoxy) is 5. The van der Waals surface area contributed by atoms with Gasteiger partial charge in [-0.25, -0.2) is 4.31 Å². The van der Waals surface area contributed by atoms with Crippen LogP contribution in [0.25, 0.3) is 0 Å². The second kappa shape index (κ2) is 45.7. The number of hydrogen-bond acceptors (Lipinski definition) is 21. The Balaban J connectivity index is 1.31. The fourth-order valence-electron chi connectivity index (χ4n) is 11.2. The van der Waals surface area contributed by atoms with Crippen LogP contribution >= 0.6 is 15.6 Å². The molecular weight excluding hydrogens is 1270 g/mol. The van der Waals surface area contributed by atoms with E-state index in [1.54, 1.807) is 6.92 Å². The Morgan fingerprint density at radius 1 is 0.365 bits per heavy atom. The van der Waals surface area contributed by atoms with E-state index in [-0.39, 0.29) is 0 Å². The maximum Gasteiger partial charge on any atom is 0.276 e. The highest BCUT2D eigenvalue weighted by Crippen LogP contribution is 2.57.